The fourth-order valence-corrected chi connectivity index (χ4v) is 3.05. The topological polar surface area (TPSA) is 95.6 Å². The quantitative estimate of drug-likeness (QED) is 0.512. The summed E-state index contributed by atoms with van der Waals surface area (Å²) >= 11 is 6.03. The van der Waals surface area contributed by atoms with Crippen molar-refractivity contribution in [3.8, 4) is 11.4 Å². The second kappa shape index (κ2) is 8.86. The van der Waals surface area contributed by atoms with Crippen molar-refractivity contribution in [2.45, 2.75) is 32.5 Å². The van der Waals surface area contributed by atoms with Gasteiger partial charge in [0.2, 0.25) is 5.91 Å². The molecule has 0 saturated heterocycles. The molecule has 11 heteroatoms. The van der Waals surface area contributed by atoms with E-state index in [2.05, 4.69) is 25.3 Å². The maximum atomic E-state index is 12.5. The second-order valence-corrected chi connectivity index (χ2v) is 7.29. The lowest BCUT2D eigenvalue weighted by atomic mass is 9.98. The molecule has 30 heavy (non-hydrogen) atoms. The van der Waals surface area contributed by atoms with Crippen molar-refractivity contribution >= 4 is 34.4 Å². The average molecular weight is 441 g/mol. The Labute approximate surface area is 175 Å². The molecule has 0 aliphatic rings. The monoisotopic (exact) mass is 440 g/mol. The lowest BCUT2D eigenvalue weighted by molar-refractivity contribution is -0.139. The first kappa shape index (κ1) is 21.8. The van der Waals surface area contributed by atoms with E-state index in [1.807, 2.05) is 12.2 Å². The van der Waals surface area contributed by atoms with Crippen LogP contribution in [0.4, 0.5) is 19.0 Å². The number of nitrogens with one attached hydrogen (secondary N) is 3. The van der Waals surface area contributed by atoms with Gasteiger partial charge in [0.1, 0.15) is 24.1 Å². The number of amides is 1. The number of fused-ring (bicyclic) bond motifs is 1. The molecule has 3 aromatic heterocycles. The van der Waals surface area contributed by atoms with Crippen molar-refractivity contribution in [3.05, 3.63) is 35.7 Å². The van der Waals surface area contributed by atoms with Crippen LogP contribution in [0.25, 0.3) is 22.4 Å². The minimum Gasteiger partial charge on any atom is -0.358 e. The summed E-state index contributed by atoms with van der Waals surface area (Å²) in [6, 6.07) is 2.39. The fourth-order valence-electron chi connectivity index (χ4n) is 2.89. The number of carbonyl (C=O) groups is 1. The van der Waals surface area contributed by atoms with E-state index in [1.165, 1.54) is 12.4 Å². The highest BCUT2D eigenvalue weighted by atomic mass is 35.5. The molecule has 2 atom stereocenters. The lowest BCUT2D eigenvalue weighted by Crippen LogP contribution is -2.46. The minimum absolute atomic E-state index is 0.229. The first-order chi connectivity index (χ1) is 14.2. The molecular weight excluding hydrogens is 421 g/mol. The maximum absolute atomic E-state index is 12.5. The van der Waals surface area contributed by atoms with Gasteiger partial charge in [0, 0.05) is 29.5 Å². The Morgan fingerprint density at radius 2 is 2.10 bits per heavy atom. The number of anilines is 1. The van der Waals surface area contributed by atoms with Crippen LogP contribution in [0.15, 0.2) is 30.7 Å². The van der Waals surface area contributed by atoms with Gasteiger partial charge in [-0.3, -0.25) is 4.79 Å². The van der Waals surface area contributed by atoms with Crippen molar-refractivity contribution in [1.82, 2.24) is 25.3 Å². The summed E-state index contributed by atoms with van der Waals surface area (Å²) in [6.07, 6.45) is 0.807. The van der Waals surface area contributed by atoms with Gasteiger partial charge in [-0.2, -0.15) is 13.2 Å². The second-order valence-electron chi connectivity index (χ2n) is 6.86. The summed E-state index contributed by atoms with van der Waals surface area (Å²) in [6.45, 7) is 2.24. The van der Waals surface area contributed by atoms with Gasteiger partial charge < -0.3 is 15.6 Å². The van der Waals surface area contributed by atoms with Gasteiger partial charge in [-0.1, -0.05) is 31.9 Å². The number of halogens is 4. The molecule has 0 saturated carbocycles. The summed E-state index contributed by atoms with van der Waals surface area (Å²) in [5, 5.41) is 6.06. The van der Waals surface area contributed by atoms with E-state index >= 15 is 0 Å². The van der Waals surface area contributed by atoms with Gasteiger partial charge in [0.05, 0.1) is 5.02 Å². The van der Waals surface area contributed by atoms with E-state index in [9.17, 15) is 18.0 Å². The molecule has 7 nitrogen and oxygen atoms in total. The SMILES string of the molecule is CC[C@H](C)[C@H](Nc1ccnc(-c2c[nH]c3ncc(Cl)cc23)n1)C(=O)NCC(F)(F)F. The first-order valence-corrected chi connectivity index (χ1v) is 9.62. The van der Waals surface area contributed by atoms with Crippen molar-refractivity contribution < 1.29 is 18.0 Å². The molecule has 3 rings (SSSR count). The highest BCUT2D eigenvalue weighted by molar-refractivity contribution is 6.31. The van der Waals surface area contributed by atoms with Gasteiger partial charge >= 0.3 is 6.18 Å². The first-order valence-electron chi connectivity index (χ1n) is 9.25. The number of H-pyrrole nitrogens is 1. The van der Waals surface area contributed by atoms with Gasteiger partial charge in [-0.05, 0) is 18.1 Å². The molecule has 3 N–H and O–H groups in total. The van der Waals surface area contributed by atoms with E-state index in [-0.39, 0.29) is 5.92 Å². The Bertz CT molecular complexity index is 1040. The highest BCUT2D eigenvalue weighted by Gasteiger charge is 2.31. The summed E-state index contributed by atoms with van der Waals surface area (Å²) in [7, 11) is 0. The third-order valence-electron chi connectivity index (χ3n) is 4.66. The highest BCUT2D eigenvalue weighted by Crippen LogP contribution is 2.28. The minimum atomic E-state index is -4.48. The third-order valence-corrected chi connectivity index (χ3v) is 4.86. The Morgan fingerprint density at radius 1 is 1.33 bits per heavy atom. The zero-order valence-electron chi connectivity index (χ0n) is 16.2. The van der Waals surface area contributed by atoms with E-state index < -0.39 is 24.7 Å². The van der Waals surface area contributed by atoms with Crippen molar-refractivity contribution in [3.63, 3.8) is 0 Å². The van der Waals surface area contributed by atoms with Gasteiger partial charge in [-0.15, -0.1) is 0 Å². The molecule has 1 amide bonds. The van der Waals surface area contributed by atoms with Crippen molar-refractivity contribution in [2.24, 2.45) is 5.92 Å². The standard InChI is InChI=1S/C19H20ClF3N6O/c1-3-10(2)15(18(30)27-9-19(21,22)23)28-14-4-5-24-17(29-14)13-8-26-16-12(13)6-11(20)7-25-16/h4-8,10,15H,3,9H2,1-2H3,(H,25,26)(H,27,30)(H,24,28,29)/t10-,15-/m0/s1. The van der Waals surface area contributed by atoms with E-state index in [4.69, 9.17) is 11.6 Å². The smallest absolute Gasteiger partial charge is 0.358 e. The summed E-state index contributed by atoms with van der Waals surface area (Å²) in [5.41, 5.74) is 1.27. The molecule has 0 fully saturated rings. The van der Waals surface area contributed by atoms with Crippen LogP contribution in [0.1, 0.15) is 20.3 Å². The van der Waals surface area contributed by atoms with Crippen molar-refractivity contribution in [1.29, 1.82) is 0 Å². The van der Waals surface area contributed by atoms with Crippen LogP contribution in [0.3, 0.4) is 0 Å². The number of aromatic nitrogens is 4. The summed E-state index contributed by atoms with van der Waals surface area (Å²) < 4.78 is 37.4. The molecular formula is C19H20ClF3N6O. The Morgan fingerprint density at radius 3 is 2.80 bits per heavy atom. The molecule has 0 spiro atoms. The molecule has 0 aliphatic heterocycles. The van der Waals surface area contributed by atoms with Gasteiger partial charge in [0.15, 0.2) is 5.82 Å². The van der Waals surface area contributed by atoms with Crippen LogP contribution >= 0.6 is 11.6 Å². The zero-order valence-corrected chi connectivity index (χ0v) is 17.0. The predicted octanol–water partition coefficient (Wildman–Crippen LogP) is 4.18. The largest absolute Gasteiger partial charge is 0.405 e. The number of rotatable bonds is 7. The summed E-state index contributed by atoms with van der Waals surface area (Å²) in [5.74, 6) is -0.302. The lowest BCUT2D eigenvalue weighted by Gasteiger charge is -2.24. The van der Waals surface area contributed by atoms with E-state index in [1.54, 1.807) is 25.3 Å². The fraction of sp³-hybridized carbons (Fsp3) is 0.368. The number of nitrogens with zero attached hydrogens (tertiary/aromatic N) is 3. The maximum Gasteiger partial charge on any atom is 0.405 e. The normalized spacial score (nSPS) is 13.8. The number of carbonyl (C=O) groups excluding carboxylic acids is 1. The molecule has 0 aliphatic carbocycles. The summed E-state index contributed by atoms with van der Waals surface area (Å²) in [4.78, 5) is 28.3. The number of aromatic amines is 1. The average Bonchev–Trinajstić information content (AvgIpc) is 3.12. The number of pyridine rings is 1. The van der Waals surface area contributed by atoms with Crippen LogP contribution in [0.2, 0.25) is 5.02 Å². The zero-order chi connectivity index (χ0) is 21.9. The Hall–Kier alpha value is -2.88. The van der Waals surface area contributed by atoms with Crippen LogP contribution in [-0.4, -0.2) is 44.6 Å². The Balaban J connectivity index is 1.86. The van der Waals surface area contributed by atoms with Crippen LogP contribution in [0, 0.1) is 5.92 Å². The third kappa shape index (κ3) is 5.18. The number of hydrogen-bond acceptors (Lipinski definition) is 5. The molecule has 0 bridgehead atoms. The molecule has 0 aromatic carbocycles. The molecule has 160 valence electrons. The van der Waals surface area contributed by atoms with E-state index in [0.29, 0.717) is 34.3 Å². The molecule has 0 unspecified atom stereocenters. The molecule has 0 radical (unpaired) electrons. The Kier molecular flexibility index (Phi) is 6.45. The van der Waals surface area contributed by atoms with Gasteiger partial charge in [-0.25, -0.2) is 15.0 Å². The number of hydrogen-bond donors (Lipinski definition) is 3. The van der Waals surface area contributed by atoms with Crippen LogP contribution in [0.5, 0.6) is 0 Å². The van der Waals surface area contributed by atoms with Crippen LogP contribution < -0.4 is 10.6 Å². The van der Waals surface area contributed by atoms with Crippen molar-refractivity contribution in [2.75, 3.05) is 11.9 Å². The number of alkyl halides is 3. The molecule has 3 aromatic rings. The van der Waals surface area contributed by atoms with Crippen LogP contribution in [-0.2, 0) is 4.79 Å². The van der Waals surface area contributed by atoms with Gasteiger partial charge in [0.25, 0.3) is 0 Å². The predicted molar refractivity (Wildman–Crippen MR) is 108 cm³/mol. The van der Waals surface area contributed by atoms with E-state index in [0.717, 1.165) is 5.39 Å². The molecule has 3 heterocycles.